The molecule has 1 aliphatic heterocycles. The van der Waals surface area contributed by atoms with Crippen LogP contribution in [0.25, 0.3) is 0 Å². The van der Waals surface area contributed by atoms with Gasteiger partial charge in [-0.1, -0.05) is 0 Å². The largest absolute Gasteiger partial charge is 0.468 e. The van der Waals surface area contributed by atoms with Crippen LogP contribution in [0, 0.1) is 0 Å². The normalized spacial score (nSPS) is 16.7. The van der Waals surface area contributed by atoms with Crippen LogP contribution >= 0.6 is 0 Å². The van der Waals surface area contributed by atoms with Crippen LogP contribution in [0.2, 0.25) is 0 Å². The molecule has 0 aromatic heterocycles. The van der Waals surface area contributed by atoms with E-state index in [4.69, 9.17) is 0 Å². The van der Waals surface area contributed by atoms with E-state index in [1.54, 1.807) is 4.90 Å². The third-order valence-corrected chi connectivity index (χ3v) is 2.87. The predicted octanol–water partition coefficient (Wildman–Crippen LogP) is -0.0571. The lowest BCUT2D eigenvalue weighted by Crippen LogP contribution is -2.49. The van der Waals surface area contributed by atoms with E-state index in [0.717, 1.165) is 25.9 Å². The number of piperidine rings is 1. The van der Waals surface area contributed by atoms with E-state index < -0.39 is 0 Å². The van der Waals surface area contributed by atoms with E-state index in [1.165, 1.54) is 7.11 Å². The Morgan fingerprint density at radius 1 is 1.35 bits per heavy atom. The number of urea groups is 1. The molecule has 0 aliphatic carbocycles. The summed E-state index contributed by atoms with van der Waals surface area (Å²) < 4.78 is 4.56. The minimum Gasteiger partial charge on any atom is -0.468 e. The molecule has 0 aromatic carbocycles. The molecular weight excluding hydrogens is 222 g/mol. The van der Waals surface area contributed by atoms with E-state index in [9.17, 15) is 9.59 Å². The Hall–Kier alpha value is -1.30. The number of rotatable bonds is 4. The highest BCUT2D eigenvalue weighted by atomic mass is 16.5. The van der Waals surface area contributed by atoms with Gasteiger partial charge in [-0.2, -0.15) is 0 Å². The molecule has 1 fully saturated rings. The highest BCUT2D eigenvalue weighted by Crippen LogP contribution is 2.10. The molecule has 0 unspecified atom stereocenters. The zero-order chi connectivity index (χ0) is 12.7. The van der Waals surface area contributed by atoms with E-state index in [1.807, 2.05) is 6.92 Å². The molecule has 0 bridgehead atoms. The Morgan fingerprint density at radius 3 is 2.53 bits per heavy atom. The van der Waals surface area contributed by atoms with Crippen molar-refractivity contribution < 1.29 is 14.3 Å². The molecule has 1 heterocycles. The summed E-state index contributed by atoms with van der Waals surface area (Å²) in [5.41, 5.74) is 0. The first-order chi connectivity index (χ1) is 8.17. The van der Waals surface area contributed by atoms with Crippen LogP contribution in [0.3, 0.4) is 0 Å². The fraction of sp³-hybridized carbons (Fsp3) is 0.818. The van der Waals surface area contributed by atoms with Crippen LogP contribution in [0.4, 0.5) is 4.79 Å². The van der Waals surface area contributed by atoms with Gasteiger partial charge in [-0.15, -0.1) is 0 Å². The molecule has 1 saturated heterocycles. The summed E-state index contributed by atoms with van der Waals surface area (Å²) in [6.45, 7) is 4.25. The van der Waals surface area contributed by atoms with E-state index >= 15 is 0 Å². The predicted molar refractivity (Wildman–Crippen MR) is 63.7 cm³/mol. The number of hydrogen-bond donors (Lipinski definition) is 2. The molecule has 1 rings (SSSR count). The van der Waals surface area contributed by atoms with Gasteiger partial charge in [-0.05, 0) is 19.8 Å². The maximum Gasteiger partial charge on any atom is 0.319 e. The molecular formula is C11H21N3O3. The fourth-order valence-corrected chi connectivity index (χ4v) is 1.85. The van der Waals surface area contributed by atoms with Crippen molar-refractivity contribution in [2.24, 2.45) is 0 Å². The van der Waals surface area contributed by atoms with E-state index in [2.05, 4.69) is 15.4 Å². The van der Waals surface area contributed by atoms with Gasteiger partial charge in [0, 0.05) is 25.7 Å². The molecule has 0 aromatic rings. The van der Waals surface area contributed by atoms with Gasteiger partial charge >= 0.3 is 12.0 Å². The molecule has 0 saturated carbocycles. The summed E-state index contributed by atoms with van der Waals surface area (Å²) in [6.07, 6.45) is 1.74. The second-order valence-electron chi connectivity index (χ2n) is 4.05. The number of ether oxygens (including phenoxy) is 1. The lowest BCUT2D eigenvalue weighted by molar-refractivity contribution is -0.139. The molecule has 0 radical (unpaired) electrons. The van der Waals surface area contributed by atoms with Gasteiger partial charge in [-0.25, -0.2) is 4.79 Å². The van der Waals surface area contributed by atoms with E-state index in [0.29, 0.717) is 12.6 Å². The minimum atomic E-state index is -0.254. The number of likely N-dealkylation sites (tertiary alicyclic amines) is 1. The summed E-state index contributed by atoms with van der Waals surface area (Å²) in [4.78, 5) is 24.3. The quantitative estimate of drug-likeness (QED) is 0.679. The van der Waals surface area contributed by atoms with Crippen molar-refractivity contribution in [2.45, 2.75) is 25.8 Å². The van der Waals surface area contributed by atoms with Crippen molar-refractivity contribution >= 4 is 12.0 Å². The lowest BCUT2D eigenvalue weighted by Gasteiger charge is -2.32. The van der Waals surface area contributed by atoms with Gasteiger partial charge in [0.2, 0.25) is 0 Å². The molecule has 6 nitrogen and oxygen atoms in total. The van der Waals surface area contributed by atoms with Gasteiger partial charge in [0.25, 0.3) is 0 Å². The summed E-state index contributed by atoms with van der Waals surface area (Å²) >= 11 is 0. The molecule has 2 N–H and O–H groups in total. The average molecular weight is 243 g/mol. The first-order valence-corrected chi connectivity index (χ1v) is 6.00. The first kappa shape index (κ1) is 13.8. The van der Waals surface area contributed by atoms with Crippen LogP contribution in [0.5, 0.6) is 0 Å². The number of carbonyl (C=O) groups is 2. The van der Waals surface area contributed by atoms with Crippen molar-refractivity contribution in [2.75, 3.05) is 33.3 Å². The zero-order valence-corrected chi connectivity index (χ0v) is 10.5. The van der Waals surface area contributed by atoms with Gasteiger partial charge in [0.15, 0.2) is 0 Å². The number of hydrogen-bond acceptors (Lipinski definition) is 4. The number of carbonyl (C=O) groups excluding carboxylic acids is 2. The van der Waals surface area contributed by atoms with Crippen molar-refractivity contribution in [3.8, 4) is 0 Å². The zero-order valence-electron chi connectivity index (χ0n) is 10.5. The third kappa shape index (κ3) is 4.60. The Bertz CT molecular complexity index is 263. The monoisotopic (exact) mass is 243 g/mol. The van der Waals surface area contributed by atoms with Gasteiger partial charge in [-0.3, -0.25) is 4.79 Å². The maximum absolute atomic E-state index is 11.5. The number of amides is 2. The van der Waals surface area contributed by atoms with Crippen LogP contribution < -0.4 is 10.6 Å². The SMILES string of the molecule is CCNC(=O)N1CCC(NCC(=O)OC)CC1. The topological polar surface area (TPSA) is 70.7 Å². The first-order valence-electron chi connectivity index (χ1n) is 6.00. The Kier molecular flexibility index (Phi) is 5.76. The molecule has 0 spiro atoms. The van der Waals surface area contributed by atoms with Gasteiger partial charge in [0.1, 0.15) is 0 Å². The number of nitrogens with zero attached hydrogens (tertiary/aromatic N) is 1. The molecule has 17 heavy (non-hydrogen) atoms. The number of methoxy groups -OCH3 is 1. The van der Waals surface area contributed by atoms with Crippen LogP contribution in [-0.4, -0.2) is 56.2 Å². The van der Waals surface area contributed by atoms with Crippen molar-refractivity contribution in [3.05, 3.63) is 0 Å². The van der Waals surface area contributed by atoms with E-state index in [-0.39, 0.29) is 18.5 Å². The molecule has 2 amide bonds. The van der Waals surface area contributed by atoms with Crippen molar-refractivity contribution in [1.82, 2.24) is 15.5 Å². The molecule has 98 valence electrons. The number of esters is 1. The second-order valence-corrected chi connectivity index (χ2v) is 4.05. The van der Waals surface area contributed by atoms with Crippen LogP contribution in [-0.2, 0) is 9.53 Å². The minimum absolute atomic E-state index is 0.00100. The Morgan fingerprint density at radius 2 is 2.00 bits per heavy atom. The summed E-state index contributed by atoms with van der Waals surface area (Å²) in [5.74, 6) is -0.254. The Labute approximate surface area is 102 Å². The fourth-order valence-electron chi connectivity index (χ4n) is 1.85. The average Bonchev–Trinajstić information content (AvgIpc) is 2.36. The standard InChI is InChI=1S/C11H21N3O3/c1-3-12-11(16)14-6-4-9(5-7-14)13-8-10(15)17-2/h9,13H,3-8H2,1-2H3,(H,12,16). The van der Waals surface area contributed by atoms with Crippen LogP contribution in [0.1, 0.15) is 19.8 Å². The molecule has 6 heteroatoms. The third-order valence-electron chi connectivity index (χ3n) is 2.87. The van der Waals surface area contributed by atoms with Crippen molar-refractivity contribution in [1.29, 1.82) is 0 Å². The summed E-state index contributed by atoms with van der Waals surface area (Å²) in [7, 11) is 1.38. The molecule has 1 aliphatic rings. The summed E-state index contributed by atoms with van der Waals surface area (Å²) in [5, 5.41) is 5.91. The second kappa shape index (κ2) is 7.11. The Balaban J connectivity index is 2.21. The maximum atomic E-state index is 11.5. The smallest absolute Gasteiger partial charge is 0.319 e. The van der Waals surface area contributed by atoms with Gasteiger partial charge < -0.3 is 20.3 Å². The van der Waals surface area contributed by atoms with Gasteiger partial charge in [0.05, 0.1) is 13.7 Å². The number of nitrogens with one attached hydrogen (secondary N) is 2. The van der Waals surface area contributed by atoms with Crippen molar-refractivity contribution in [3.63, 3.8) is 0 Å². The lowest BCUT2D eigenvalue weighted by atomic mass is 10.1. The summed E-state index contributed by atoms with van der Waals surface area (Å²) in [6, 6.07) is 0.290. The molecule has 0 atom stereocenters. The highest BCUT2D eigenvalue weighted by molar-refractivity contribution is 5.74. The van der Waals surface area contributed by atoms with Crippen LogP contribution in [0.15, 0.2) is 0 Å². The highest BCUT2D eigenvalue weighted by Gasteiger charge is 2.22.